The number of carbonyl (C=O) groups excluding carboxylic acids is 1. The third kappa shape index (κ3) is 4.67. The smallest absolute Gasteiger partial charge is 0.251 e. The van der Waals surface area contributed by atoms with Crippen LogP contribution in [0, 0.1) is 0 Å². The van der Waals surface area contributed by atoms with Crippen LogP contribution < -0.4 is 10.0 Å². The Morgan fingerprint density at radius 3 is 2.50 bits per heavy atom. The monoisotopic (exact) mass is 504 g/mol. The fraction of sp³-hybridized carbons (Fsp3) is 0.227. The van der Waals surface area contributed by atoms with Crippen molar-refractivity contribution in [2.45, 2.75) is 35.6 Å². The van der Waals surface area contributed by atoms with Crippen molar-refractivity contribution in [3.05, 3.63) is 87.2 Å². The summed E-state index contributed by atoms with van der Waals surface area (Å²) in [4.78, 5) is 13.3. The Bertz CT molecular complexity index is 1150. The molecule has 0 spiro atoms. The lowest BCUT2D eigenvalue weighted by molar-refractivity contribution is -0.123. The van der Waals surface area contributed by atoms with Crippen LogP contribution in [0.2, 0.25) is 0 Å². The highest BCUT2D eigenvalue weighted by Crippen LogP contribution is 2.31. The highest BCUT2D eigenvalue weighted by atomic mass is 79.9. The van der Waals surface area contributed by atoms with E-state index in [1.807, 2.05) is 24.3 Å². The molecule has 0 fully saturated rings. The standard InChI is InChI=1S/C22H21BrN2O3S2/c23-19-13-14-20(29-19)30(27,28)25-21(16-8-2-1-3-9-16)22(26)24-18-12-6-10-15-7-4-5-11-17(15)18/h1-5,7-9,11,13-14,18,21,25H,6,10,12H2,(H,24,26). The highest BCUT2D eigenvalue weighted by Gasteiger charge is 2.30. The molecule has 0 saturated heterocycles. The summed E-state index contributed by atoms with van der Waals surface area (Å²) < 4.78 is 29.3. The van der Waals surface area contributed by atoms with Crippen LogP contribution in [0.25, 0.3) is 0 Å². The fourth-order valence-corrected chi connectivity index (χ4v) is 6.94. The molecule has 5 nitrogen and oxygen atoms in total. The minimum Gasteiger partial charge on any atom is -0.348 e. The maximum atomic E-state index is 13.3. The van der Waals surface area contributed by atoms with Gasteiger partial charge in [0.15, 0.2) is 0 Å². The number of sulfonamides is 1. The molecule has 30 heavy (non-hydrogen) atoms. The molecular formula is C22H21BrN2O3S2. The van der Waals surface area contributed by atoms with Gasteiger partial charge >= 0.3 is 0 Å². The Balaban J connectivity index is 1.61. The summed E-state index contributed by atoms with van der Waals surface area (Å²) in [5.41, 5.74) is 2.93. The van der Waals surface area contributed by atoms with E-state index < -0.39 is 16.1 Å². The molecule has 0 aliphatic heterocycles. The summed E-state index contributed by atoms with van der Waals surface area (Å²) >= 11 is 4.40. The van der Waals surface area contributed by atoms with Crippen LogP contribution in [0.3, 0.4) is 0 Å². The molecule has 156 valence electrons. The van der Waals surface area contributed by atoms with E-state index in [1.54, 1.807) is 30.3 Å². The van der Waals surface area contributed by atoms with E-state index in [1.165, 1.54) is 11.6 Å². The molecule has 0 saturated carbocycles. The van der Waals surface area contributed by atoms with E-state index in [4.69, 9.17) is 0 Å². The van der Waals surface area contributed by atoms with Crippen molar-refractivity contribution in [3.8, 4) is 0 Å². The summed E-state index contributed by atoms with van der Waals surface area (Å²) in [6.07, 6.45) is 2.80. The van der Waals surface area contributed by atoms with Crippen molar-refractivity contribution in [2.75, 3.05) is 0 Å². The summed E-state index contributed by atoms with van der Waals surface area (Å²) in [5.74, 6) is -0.359. The van der Waals surface area contributed by atoms with Crippen LogP contribution in [0.5, 0.6) is 0 Å². The molecule has 2 N–H and O–H groups in total. The van der Waals surface area contributed by atoms with Crippen molar-refractivity contribution in [2.24, 2.45) is 0 Å². The number of nitrogens with one attached hydrogen (secondary N) is 2. The number of rotatable bonds is 6. The second-order valence-corrected chi connectivity index (χ2v) is 11.6. The van der Waals surface area contributed by atoms with Crippen LogP contribution in [-0.4, -0.2) is 14.3 Å². The number of aryl methyl sites for hydroxylation is 1. The molecular weight excluding hydrogens is 484 g/mol. The molecule has 1 amide bonds. The summed E-state index contributed by atoms with van der Waals surface area (Å²) in [5, 5.41) is 3.08. The zero-order valence-corrected chi connectivity index (χ0v) is 19.3. The van der Waals surface area contributed by atoms with Gasteiger partial charge in [0, 0.05) is 0 Å². The number of hydrogen-bond donors (Lipinski definition) is 2. The summed E-state index contributed by atoms with van der Waals surface area (Å²) in [7, 11) is -3.86. The zero-order chi connectivity index (χ0) is 21.1. The minimum absolute atomic E-state index is 0.131. The van der Waals surface area contributed by atoms with Gasteiger partial charge in [-0.1, -0.05) is 54.6 Å². The van der Waals surface area contributed by atoms with Crippen LogP contribution in [0.1, 0.15) is 41.6 Å². The summed E-state index contributed by atoms with van der Waals surface area (Å²) in [6.45, 7) is 0. The van der Waals surface area contributed by atoms with Gasteiger partial charge < -0.3 is 5.32 Å². The molecule has 3 aromatic rings. The predicted octanol–water partition coefficient (Wildman–Crippen LogP) is 4.72. The van der Waals surface area contributed by atoms with E-state index in [2.05, 4.69) is 32.0 Å². The molecule has 1 aromatic heterocycles. The van der Waals surface area contributed by atoms with Crippen LogP contribution in [0.15, 0.2) is 74.7 Å². The van der Waals surface area contributed by atoms with Gasteiger partial charge in [0.1, 0.15) is 10.3 Å². The first kappa shape index (κ1) is 21.2. The average Bonchev–Trinajstić information content (AvgIpc) is 3.20. The lowest BCUT2D eigenvalue weighted by Crippen LogP contribution is -2.42. The van der Waals surface area contributed by atoms with Gasteiger partial charge in [-0.05, 0) is 64.0 Å². The number of halogens is 1. The average molecular weight is 505 g/mol. The zero-order valence-electron chi connectivity index (χ0n) is 16.0. The maximum Gasteiger partial charge on any atom is 0.251 e. The van der Waals surface area contributed by atoms with Crippen molar-refractivity contribution in [1.82, 2.24) is 10.0 Å². The van der Waals surface area contributed by atoms with E-state index in [9.17, 15) is 13.2 Å². The number of carbonyl (C=O) groups is 1. The maximum absolute atomic E-state index is 13.3. The van der Waals surface area contributed by atoms with Crippen molar-refractivity contribution in [3.63, 3.8) is 0 Å². The molecule has 1 aliphatic carbocycles. The molecule has 4 rings (SSSR count). The number of hydrogen-bond acceptors (Lipinski definition) is 4. The van der Waals surface area contributed by atoms with Gasteiger partial charge in [0.25, 0.3) is 10.0 Å². The normalized spacial score (nSPS) is 17.2. The van der Waals surface area contributed by atoms with Crippen LogP contribution in [-0.2, 0) is 21.2 Å². The van der Waals surface area contributed by atoms with Crippen molar-refractivity contribution < 1.29 is 13.2 Å². The number of thiophene rings is 1. The Labute approximate surface area is 188 Å². The second kappa shape index (κ2) is 9.01. The lowest BCUT2D eigenvalue weighted by Gasteiger charge is -2.28. The first-order valence-corrected chi connectivity index (χ1v) is 12.7. The number of fused-ring (bicyclic) bond motifs is 1. The summed E-state index contributed by atoms with van der Waals surface area (Å²) in [6, 6.07) is 19.1. The van der Waals surface area contributed by atoms with E-state index in [0.29, 0.717) is 9.35 Å². The van der Waals surface area contributed by atoms with Gasteiger partial charge in [0.2, 0.25) is 5.91 Å². The Kier molecular flexibility index (Phi) is 6.38. The van der Waals surface area contributed by atoms with Crippen LogP contribution in [0.4, 0.5) is 0 Å². The molecule has 2 unspecified atom stereocenters. The Hall–Kier alpha value is -2.00. The van der Waals surface area contributed by atoms with Crippen molar-refractivity contribution in [1.29, 1.82) is 0 Å². The minimum atomic E-state index is -3.86. The van der Waals surface area contributed by atoms with E-state index >= 15 is 0 Å². The molecule has 8 heteroatoms. The second-order valence-electron chi connectivity index (χ2n) is 7.18. The SMILES string of the molecule is O=C(NC1CCCc2ccccc21)C(NS(=O)(=O)c1ccc(Br)s1)c1ccccc1. The van der Waals surface area contributed by atoms with Crippen molar-refractivity contribution >= 4 is 43.2 Å². The highest BCUT2D eigenvalue weighted by molar-refractivity contribution is 9.11. The molecule has 0 bridgehead atoms. The lowest BCUT2D eigenvalue weighted by atomic mass is 9.87. The first-order chi connectivity index (χ1) is 14.4. The predicted molar refractivity (Wildman–Crippen MR) is 122 cm³/mol. The number of benzene rings is 2. The van der Waals surface area contributed by atoms with Gasteiger partial charge in [-0.2, -0.15) is 4.72 Å². The van der Waals surface area contributed by atoms with E-state index in [0.717, 1.165) is 36.2 Å². The molecule has 0 radical (unpaired) electrons. The number of amides is 1. The topological polar surface area (TPSA) is 75.3 Å². The fourth-order valence-electron chi connectivity index (χ4n) is 3.73. The van der Waals surface area contributed by atoms with E-state index in [-0.39, 0.29) is 16.2 Å². The van der Waals surface area contributed by atoms with Crippen LogP contribution >= 0.6 is 27.3 Å². The molecule has 2 atom stereocenters. The Morgan fingerprint density at radius 2 is 1.77 bits per heavy atom. The van der Waals surface area contributed by atoms with Gasteiger partial charge in [0.05, 0.1) is 9.83 Å². The first-order valence-electron chi connectivity index (χ1n) is 9.65. The largest absolute Gasteiger partial charge is 0.348 e. The van der Waals surface area contributed by atoms with Gasteiger partial charge in [-0.25, -0.2) is 8.42 Å². The quantitative estimate of drug-likeness (QED) is 0.509. The third-order valence-corrected chi connectivity index (χ3v) is 8.71. The molecule has 1 aliphatic rings. The van der Waals surface area contributed by atoms with Gasteiger partial charge in [-0.15, -0.1) is 11.3 Å². The molecule has 1 heterocycles. The third-order valence-electron chi connectivity index (χ3n) is 5.17. The Morgan fingerprint density at radius 1 is 1.03 bits per heavy atom. The molecule has 2 aromatic carbocycles. The van der Waals surface area contributed by atoms with Gasteiger partial charge in [-0.3, -0.25) is 4.79 Å².